The summed E-state index contributed by atoms with van der Waals surface area (Å²) >= 11 is 0. The van der Waals surface area contributed by atoms with Crippen molar-refractivity contribution >= 4 is 23.5 Å². The zero-order valence-corrected chi connectivity index (χ0v) is 18.5. The molecular weight excluding hydrogens is 408 g/mol. The van der Waals surface area contributed by atoms with E-state index in [9.17, 15) is 14.4 Å². The summed E-state index contributed by atoms with van der Waals surface area (Å²) in [6, 6.07) is 16.3. The summed E-state index contributed by atoms with van der Waals surface area (Å²) in [5, 5.41) is 8.32. The molecule has 0 radical (unpaired) electrons. The number of ether oxygens (including phenoxy) is 1. The number of benzene rings is 2. The highest BCUT2D eigenvalue weighted by Crippen LogP contribution is 2.24. The number of carbonyl (C=O) groups is 3. The fraction of sp³-hybridized carbons (Fsp3) is 0.375. The van der Waals surface area contributed by atoms with Gasteiger partial charge in [0.1, 0.15) is 5.75 Å². The molecule has 2 aromatic carbocycles. The third-order valence-corrected chi connectivity index (χ3v) is 5.66. The van der Waals surface area contributed by atoms with Crippen LogP contribution in [0.1, 0.15) is 31.4 Å². The summed E-state index contributed by atoms with van der Waals surface area (Å²) in [5.74, 6) is -0.453. The highest BCUT2D eigenvalue weighted by atomic mass is 16.5. The molecule has 0 aliphatic carbocycles. The first-order valence-electron chi connectivity index (χ1n) is 10.8. The molecule has 1 aliphatic heterocycles. The average molecular weight is 439 g/mol. The molecule has 8 heteroatoms. The van der Waals surface area contributed by atoms with Crippen molar-refractivity contribution in [3.05, 3.63) is 60.2 Å². The molecule has 32 heavy (non-hydrogen) atoms. The molecule has 1 saturated heterocycles. The first kappa shape index (κ1) is 23.1. The molecule has 0 spiro atoms. The molecule has 1 fully saturated rings. The predicted octanol–water partition coefficient (Wildman–Crippen LogP) is 2.93. The molecule has 0 saturated carbocycles. The summed E-state index contributed by atoms with van der Waals surface area (Å²) in [4.78, 5) is 38.7. The van der Waals surface area contributed by atoms with Crippen LogP contribution in [0.5, 0.6) is 5.75 Å². The molecule has 1 heterocycles. The number of amides is 4. The molecule has 3 rings (SSSR count). The van der Waals surface area contributed by atoms with Crippen molar-refractivity contribution in [1.82, 2.24) is 15.5 Å². The maximum atomic E-state index is 12.6. The fourth-order valence-electron chi connectivity index (χ4n) is 3.69. The van der Waals surface area contributed by atoms with E-state index in [0.29, 0.717) is 31.1 Å². The van der Waals surface area contributed by atoms with Crippen LogP contribution in [0, 0.1) is 5.92 Å². The summed E-state index contributed by atoms with van der Waals surface area (Å²) in [6.45, 7) is 3.41. The van der Waals surface area contributed by atoms with Gasteiger partial charge in [-0.15, -0.1) is 0 Å². The second-order valence-electron chi connectivity index (χ2n) is 7.88. The minimum Gasteiger partial charge on any atom is -0.495 e. The van der Waals surface area contributed by atoms with E-state index in [1.54, 1.807) is 24.1 Å². The first-order chi connectivity index (χ1) is 15.5. The van der Waals surface area contributed by atoms with Crippen molar-refractivity contribution in [2.45, 2.75) is 25.8 Å². The number of rotatable bonds is 6. The van der Waals surface area contributed by atoms with Gasteiger partial charge < -0.3 is 25.6 Å². The number of para-hydroxylation sites is 2. The van der Waals surface area contributed by atoms with Gasteiger partial charge in [-0.25, -0.2) is 4.79 Å². The number of anilines is 1. The SMILES string of the molecule is COc1ccccc1NC(=O)N1CCC(CNC(=O)C(=O)NC(C)c2ccccc2)CC1. The number of methoxy groups -OCH3 is 1. The Kier molecular flexibility index (Phi) is 8.08. The van der Waals surface area contributed by atoms with Crippen LogP contribution in [0.2, 0.25) is 0 Å². The van der Waals surface area contributed by atoms with Crippen LogP contribution >= 0.6 is 0 Å². The minimum absolute atomic E-state index is 0.175. The van der Waals surface area contributed by atoms with Gasteiger partial charge in [-0.2, -0.15) is 0 Å². The van der Waals surface area contributed by atoms with Crippen molar-refractivity contribution in [3.63, 3.8) is 0 Å². The van der Waals surface area contributed by atoms with Gasteiger partial charge in [0.15, 0.2) is 0 Å². The summed E-state index contributed by atoms with van der Waals surface area (Å²) < 4.78 is 5.27. The third kappa shape index (κ3) is 6.23. The van der Waals surface area contributed by atoms with Gasteiger partial charge >= 0.3 is 17.8 Å². The molecule has 170 valence electrons. The lowest BCUT2D eigenvalue weighted by atomic mass is 9.97. The topological polar surface area (TPSA) is 99.8 Å². The van der Waals surface area contributed by atoms with Crippen LogP contribution in [0.15, 0.2) is 54.6 Å². The largest absolute Gasteiger partial charge is 0.495 e. The van der Waals surface area contributed by atoms with E-state index in [1.165, 1.54) is 0 Å². The Morgan fingerprint density at radius 1 is 1.00 bits per heavy atom. The lowest BCUT2D eigenvalue weighted by molar-refractivity contribution is -0.139. The first-order valence-corrected chi connectivity index (χ1v) is 10.8. The van der Waals surface area contributed by atoms with Crippen LogP contribution in [0.4, 0.5) is 10.5 Å². The molecule has 0 aromatic heterocycles. The van der Waals surface area contributed by atoms with E-state index in [0.717, 1.165) is 18.4 Å². The highest BCUT2D eigenvalue weighted by molar-refractivity contribution is 6.35. The Bertz CT molecular complexity index is 927. The number of nitrogens with zero attached hydrogens (tertiary/aromatic N) is 1. The van der Waals surface area contributed by atoms with E-state index in [1.807, 2.05) is 49.4 Å². The van der Waals surface area contributed by atoms with Gasteiger partial charge in [0, 0.05) is 19.6 Å². The molecule has 3 N–H and O–H groups in total. The van der Waals surface area contributed by atoms with Gasteiger partial charge in [-0.3, -0.25) is 9.59 Å². The molecule has 8 nitrogen and oxygen atoms in total. The average Bonchev–Trinajstić information content (AvgIpc) is 2.83. The van der Waals surface area contributed by atoms with Crippen molar-refractivity contribution in [3.8, 4) is 5.75 Å². The van der Waals surface area contributed by atoms with Crippen LogP contribution < -0.4 is 20.7 Å². The number of hydrogen-bond donors (Lipinski definition) is 3. The summed E-state index contributed by atoms with van der Waals surface area (Å²) in [7, 11) is 1.56. The van der Waals surface area contributed by atoms with E-state index < -0.39 is 11.8 Å². The zero-order valence-electron chi connectivity index (χ0n) is 18.5. The summed E-state index contributed by atoms with van der Waals surface area (Å²) in [6.07, 6.45) is 1.50. The van der Waals surface area contributed by atoms with E-state index in [-0.39, 0.29) is 18.0 Å². The Labute approximate surface area is 188 Å². The number of nitrogens with one attached hydrogen (secondary N) is 3. The van der Waals surface area contributed by atoms with Crippen LogP contribution in [0.25, 0.3) is 0 Å². The Morgan fingerprint density at radius 3 is 2.34 bits per heavy atom. The quantitative estimate of drug-likeness (QED) is 0.604. The lowest BCUT2D eigenvalue weighted by Gasteiger charge is -2.32. The van der Waals surface area contributed by atoms with Crippen molar-refractivity contribution in [2.24, 2.45) is 5.92 Å². The monoisotopic (exact) mass is 438 g/mol. The maximum absolute atomic E-state index is 12.6. The lowest BCUT2D eigenvalue weighted by Crippen LogP contribution is -2.46. The van der Waals surface area contributed by atoms with Crippen LogP contribution in [-0.2, 0) is 9.59 Å². The van der Waals surface area contributed by atoms with Crippen LogP contribution in [0.3, 0.4) is 0 Å². The number of piperidine rings is 1. The molecule has 1 atom stereocenters. The molecular formula is C24H30N4O4. The van der Waals surface area contributed by atoms with Gasteiger partial charge in [0.25, 0.3) is 0 Å². The smallest absolute Gasteiger partial charge is 0.321 e. The van der Waals surface area contributed by atoms with Crippen molar-refractivity contribution < 1.29 is 19.1 Å². The number of likely N-dealkylation sites (tertiary alicyclic amines) is 1. The van der Waals surface area contributed by atoms with E-state index in [4.69, 9.17) is 4.74 Å². The van der Waals surface area contributed by atoms with E-state index in [2.05, 4.69) is 16.0 Å². The van der Waals surface area contributed by atoms with Crippen molar-refractivity contribution in [1.29, 1.82) is 0 Å². The maximum Gasteiger partial charge on any atom is 0.321 e. The number of hydrogen-bond acceptors (Lipinski definition) is 4. The summed E-state index contributed by atoms with van der Waals surface area (Å²) in [5.41, 5.74) is 1.57. The fourth-order valence-corrected chi connectivity index (χ4v) is 3.69. The van der Waals surface area contributed by atoms with Crippen molar-refractivity contribution in [2.75, 3.05) is 32.1 Å². The van der Waals surface area contributed by atoms with Gasteiger partial charge in [0.05, 0.1) is 18.8 Å². The van der Waals surface area contributed by atoms with Gasteiger partial charge in [-0.05, 0) is 43.4 Å². The minimum atomic E-state index is -0.644. The molecule has 1 unspecified atom stereocenters. The van der Waals surface area contributed by atoms with Gasteiger partial charge in [0.2, 0.25) is 0 Å². The standard InChI is InChI=1S/C24H30N4O4/c1-17(19-8-4-3-5-9-19)26-23(30)22(29)25-16-18-12-14-28(15-13-18)24(31)27-20-10-6-7-11-21(20)32-2/h3-11,17-18H,12-16H2,1-2H3,(H,25,29)(H,26,30)(H,27,31). The number of urea groups is 1. The second kappa shape index (κ2) is 11.2. The molecule has 0 bridgehead atoms. The molecule has 2 aromatic rings. The highest BCUT2D eigenvalue weighted by Gasteiger charge is 2.25. The number of carbonyl (C=O) groups excluding carboxylic acids is 3. The Balaban J connectivity index is 1.39. The second-order valence-corrected chi connectivity index (χ2v) is 7.88. The third-order valence-electron chi connectivity index (χ3n) is 5.66. The van der Waals surface area contributed by atoms with E-state index >= 15 is 0 Å². The zero-order chi connectivity index (χ0) is 22.9. The van der Waals surface area contributed by atoms with Crippen LogP contribution in [-0.4, -0.2) is 49.5 Å². The predicted molar refractivity (Wildman–Crippen MR) is 122 cm³/mol. The molecule has 1 aliphatic rings. The Morgan fingerprint density at radius 2 is 1.66 bits per heavy atom. The van der Waals surface area contributed by atoms with Gasteiger partial charge in [-0.1, -0.05) is 42.5 Å². The molecule has 4 amide bonds. The Hall–Kier alpha value is -3.55. The normalized spacial score (nSPS) is 14.9.